The summed E-state index contributed by atoms with van der Waals surface area (Å²) in [6.45, 7) is 8.14. The molecular weight excluding hydrogens is 370 g/mol. The number of aromatic nitrogens is 1. The van der Waals surface area contributed by atoms with Crippen LogP contribution in [-0.4, -0.2) is 55.1 Å². The van der Waals surface area contributed by atoms with Crippen LogP contribution in [0.15, 0.2) is 18.2 Å². The molecule has 29 heavy (non-hydrogen) atoms. The Balaban J connectivity index is 1.59. The summed E-state index contributed by atoms with van der Waals surface area (Å²) in [5.74, 6) is 0.0137. The van der Waals surface area contributed by atoms with Gasteiger partial charge in [-0.1, -0.05) is 20.8 Å². The van der Waals surface area contributed by atoms with Crippen LogP contribution in [0, 0.1) is 10.8 Å². The van der Waals surface area contributed by atoms with Crippen molar-refractivity contribution in [3.05, 3.63) is 23.9 Å². The number of esters is 1. The number of methoxy groups -OCH3 is 2. The van der Waals surface area contributed by atoms with Crippen molar-refractivity contribution in [3.63, 3.8) is 0 Å². The van der Waals surface area contributed by atoms with Gasteiger partial charge in [-0.3, -0.25) is 9.69 Å². The van der Waals surface area contributed by atoms with Gasteiger partial charge in [0.05, 0.1) is 32.0 Å². The van der Waals surface area contributed by atoms with Crippen LogP contribution in [0.2, 0.25) is 0 Å². The summed E-state index contributed by atoms with van der Waals surface area (Å²) in [7, 11) is 2.91. The van der Waals surface area contributed by atoms with Crippen LogP contribution in [0.3, 0.4) is 0 Å². The number of piperidine rings is 1. The maximum Gasteiger partial charge on any atom is 0.356 e. The Labute approximate surface area is 170 Å². The number of anilines is 1. The Bertz CT molecular complexity index is 977. The first-order chi connectivity index (χ1) is 13.7. The lowest BCUT2D eigenvalue weighted by Gasteiger charge is -2.40. The molecule has 7 nitrogen and oxygen atoms in total. The van der Waals surface area contributed by atoms with E-state index in [0.29, 0.717) is 29.5 Å². The van der Waals surface area contributed by atoms with Gasteiger partial charge in [-0.05, 0) is 35.8 Å². The molecule has 2 bridgehead atoms. The number of nitrogens with zero attached hydrogens (tertiary/aromatic N) is 1. The topological polar surface area (TPSA) is 83.7 Å². The first-order valence-electron chi connectivity index (χ1n) is 9.98. The van der Waals surface area contributed by atoms with Crippen molar-refractivity contribution in [1.82, 2.24) is 9.88 Å². The van der Waals surface area contributed by atoms with Crippen molar-refractivity contribution >= 4 is 28.5 Å². The Morgan fingerprint density at radius 3 is 2.66 bits per heavy atom. The fourth-order valence-electron chi connectivity index (χ4n) is 5.60. The fraction of sp³-hybridized carbons (Fsp3) is 0.545. The zero-order valence-electron chi connectivity index (χ0n) is 17.7. The maximum atomic E-state index is 12.9. The van der Waals surface area contributed by atoms with E-state index in [1.54, 1.807) is 19.2 Å². The average Bonchev–Trinajstić information content (AvgIpc) is 3.25. The van der Waals surface area contributed by atoms with Gasteiger partial charge < -0.3 is 19.8 Å². The number of nitrogens with one attached hydrogen (secondary N) is 2. The number of hydrogen-bond acceptors (Lipinski definition) is 5. The quantitative estimate of drug-likeness (QED) is 0.753. The van der Waals surface area contributed by atoms with Gasteiger partial charge in [-0.2, -0.15) is 0 Å². The van der Waals surface area contributed by atoms with E-state index in [0.717, 1.165) is 18.4 Å². The minimum Gasteiger partial charge on any atom is -0.497 e. The van der Waals surface area contributed by atoms with E-state index in [2.05, 4.69) is 36.0 Å². The second-order valence-corrected chi connectivity index (χ2v) is 9.43. The molecule has 2 aliphatic rings. The first-order valence-corrected chi connectivity index (χ1v) is 9.98. The molecule has 156 valence electrons. The molecule has 2 fully saturated rings. The molecule has 1 saturated heterocycles. The van der Waals surface area contributed by atoms with E-state index in [4.69, 9.17) is 9.47 Å². The van der Waals surface area contributed by atoms with Crippen LogP contribution >= 0.6 is 0 Å². The van der Waals surface area contributed by atoms with E-state index in [9.17, 15) is 9.59 Å². The largest absolute Gasteiger partial charge is 0.497 e. The van der Waals surface area contributed by atoms with Crippen LogP contribution in [0.25, 0.3) is 10.9 Å². The molecule has 1 saturated carbocycles. The molecule has 1 aromatic heterocycles. The number of benzene rings is 1. The van der Waals surface area contributed by atoms with Crippen molar-refractivity contribution in [2.24, 2.45) is 10.8 Å². The maximum absolute atomic E-state index is 12.9. The van der Waals surface area contributed by atoms with Gasteiger partial charge in [0.15, 0.2) is 0 Å². The molecule has 0 spiro atoms. The third kappa shape index (κ3) is 3.37. The summed E-state index contributed by atoms with van der Waals surface area (Å²) >= 11 is 0. The number of hydrogen-bond donors (Lipinski definition) is 2. The van der Waals surface area contributed by atoms with Crippen molar-refractivity contribution in [1.29, 1.82) is 0 Å². The summed E-state index contributed by atoms with van der Waals surface area (Å²) in [5.41, 5.74) is 1.88. The molecule has 4 rings (SSSR count). The van der Waals surface area contributed by atoms with Crippen molar-refractivity contribution in [3.8, 4) is 5.75 Å². The Hall–Kier alpha value is -2.54. The minimum absolute atomic E-state index is 0.126. The zero-order chi connectivity index (χ0) is 21.0. The number of carbonyl (C=O) groups excluding carboxylic acids is 2. The smallest absolute Gasteiger partial charge is 0.356 e. The van der Waals surface area contributed by atoms with Gasteiger partial charge in [0.1, 0.15) is 11.4 Å². The Morgan fingerprint density at radius 2 is 2.03 bits per heavy atom. The predicted octanol–water partition coefficient (Wildman–Crippen LogP) is 3.41. The van der Waals surface area contributed by atoms with Gasteiger partial charge >= 0.3 is 5.97 Å². The summed E-state index contributed by atoms with van der Waals surface area (Å²) in [5, 5.41) is 3.70. The number of carbonyl (C=O) groups is 2. The van der Waals surface area contributed by atoms with Gasteiger partial charge in [-0.15, -0.1) is 0 Å². The molecule has 0 unspecified atom stereocenters. The third-order valence-corrected chi connectivity index (χ3v) is 6.50. The van der Waals surface area contributed by atoms with E-state index in [1.807, 2.05) is 6.07 Å². The second-order valence-electron chi connectivity index (χ2n) is 9.43. The third-order valence-electron chi connectivity index (χ3n) is 6.50. The van der Waals surface area contributed by atoms with Gasteiger partial charge in [0.25, 0.3) is 0 Å². The normalized spacial score (nSPS) is 25.3. The molecule has 1 amide bonds. The fourth-order valence-corrected chi connectivity index (χ4v) is 5.60. The molecule has 2 atom stereocenters. The van der Waals surface area contributed by atoms with Crippen LogP contribution in [0.1, 0.15) is 44.1 Å². The lowest BCUT2D eigenvalue weighted by molar-refractivity contribution is -0.118. The Morgan fingerprint density at radius 1 is 1.28 bits per heavy atom. The molecule has 1 aliphatic heterocycles. The molecule has 1 aliphatic carbocycles. The van der Waals surface area contributed by atoms with Crippen LogP contribution in [0.4, 0.5) is 5.69 Å². The summed E-state index contributed by atoms with van der Waals surface area (Å²) in [6, 6.07) is 5.83. The van der Waals surface area contributed by atoms with Crippen molar-refractivity contribution in [2.75, 3.05) is 32.6 Å². The number of fused-ring (bicyclic) bond motifs is 3. The van der Waals surface area contributed by atoms with E-state index in [-0.39, 0.29) is 22.4 Å². The lowest BCUT2D eigenvalue weighted by atomic mass is 9.79. The summed E-state index contributed by atoms with van der Waals surface area (Å²) in [4.78, 5) is 30.6. The molecular formula is C22H29N3O4. The number of amides is 1. The molecule has 2 N–H and O–H groups in total. The standard InChI is InChI=1S/C22H29N3O4/c1-21(2)11-22(3)9-16(21)25(12-22)10-17(26)24-18-14-7-6-13(28-4)8-15(14)23-19(18)20(27)29-5/h6-8,16,23H,9-12H2,1-5H3,(H,24,26)/t16-,22+/m0/s1. The highest BCUT2D eigenvalue weighted by Gasteiger charge is 2.55. The molecule has 7 heteroatoms. The number of ether oxygens (including phenoxy) is 2. The zero-order valence-corrected chi connectivity index (χ0v) is 17.7. The van der Waals surface area contributed by atoms with Crippen LogP contribution in [0.5, 0.6) is 5.75 Å². The van der Waals surface area contributed by atoms with Gasteiger partial charge in [0, 0.05) is 24.0 Å². The van der Waals surface area contributed by atoms with Crippen LogP contribution < -0.4 is 10.1 Å². The highest BCUT2D eigenvalue weighted by atomic mass is 16.5. The SMILES string of the molecule is COC(=O)c1[nH]c2cc(OC)ccc2c1NC(=O)CN1C[C@]2(C)C[C@H]1C(C)(C)C2. The summed E-state index contributed by atoms with van der Waals surface area (Å²) in [6.07, 6.45) is 2.33. The molecule has 1 aromatic carbocycles. The summed E-state index contributed by atoms with van der Waals surface area (Å²) < 4.78 is 10.2. The average molecular weight is 399 g/mol. The number of H-pyrrole nitrogens is 1. The minimum atomic E-state index is -0.524. The number of aromatic amines is 1. The predicted molar refractivity (Wildman–Crippen MR) is 111 cm³/mol. The highest BCUT2D eigenvalue weighted by molar-refractivity contribution is 6.11. The number of rotatable bonds is 5. The van der Waals surface area contributed by atoms with Gasteiger partial charge in [0.2, 0.25) is 5.91 Å². The second kappa shape index (κ2) is 6.76. The van der Waals surface area contributed by atoms with E-state index < -0.39 is 5.97 Å². The molecule has 2 heterocycles. The highest BCUT2D eigenvalue weighted by Crippen LogP contribution is 2.56. The van der Waals surface area contributed by atoms with E-state index >= 15 is 0 Å². The van der Waals surface area contributed by atoms with Crippen molar-refractivity contribution in [2.45, 2.75) is 39.7 Å². The lowest BCUT2D eigenvalue weighted by Crippen LogP contribution is -2.47. The number of likely N-dealkylation sites (tertiary alicyclic amines) is 1. The first kappa shape index (κ1) is 19.8. The molecule has 2 aromatic rings. The van der Waals surface area contributed by atoms with E-state index in [1.165, 1.54) is 13.5 Å². The van der Waals surface area contributed by atoms with Crippen LogP contribution in [-0.2, 0) is 9.53 Å². The Kier molecular flexibility index (Phi) is 4.61. The van der Waals surface area contributed by atoms with Gasteiger partial charge in [-0.25, -0.2) is 4.79 Å². The molecule has 0 radical (unpaired) electrons. The monoisotopic (exact) mass is 399 g/mol. The van der Waals surface area contributed by atoms with Crippen molar-refractivity contribution < 1.29 is 19.1 Å².